The molecule has 0 spiro atoms. The Morgan fingerprint density at radius 1 is 1.21 bits per heavy atom. The van der Waals surface area contributed by atoms with E-state index >= 15 is 0 Å². The molecule has 0 aliphatic carbocycles. The summed E-state index contributed by atoms with van der Waals surface area (Å²) in [5.74, 6) is -0.214. The second-order valence-corrected chi connectivity index (χ2v) is 4.82. The van der Waals surface area contributed by atoms with Crippen molar-refractivity contribution in [1.29, 1.82) is 0 Å². The Morgan fingerprint density at radius 3 is 2.63 bits per heavy atom. The number of carbonyl (C=O) groups excluding carboxylic acids is 1. The van der Waals surface area contributed by atoms with E-state index in [-0.39, 0.29) is 5.91 Å². The van der Waals surface area contributed by atoms with Crippen molar-refractivity contribution in [3.05, 3.63) is 54.2 Å². The third kappa shape index (κ3) is 3.33. The van der Waals surface area contributed by atoms with Gasteiger partial charge < -0.3 is 0 Å². The molecular weight excluding hydrogens is 260 g/mol. The molecule has 0 N–H and O–H groups in total. The number of amides is 1. The van der Waals surface area contributed by atoms with Crippen LogP contribution in [0.2, 0.25) is 0 Å². The normalized spacial score (nSPS) is 10.2. The van der Waals surface area contributed by atoms with Crippen LogP contribution in [0, 0.1) is 0 Å². The molecule has 1 amide bonds. The third-order valence-corrected chi connectivity index (χ3v) is 3.55. The van der Waals surface area contributed by atoms with Gasteiger partial charge in [-0.05, 0) is 24.3 Å². The molecular formula is C14H14N2O2S. The predicted octanol–water partition coefficient (Wildman–Crippen LogP) is 2.87. The molecule has 2 aromatic rings. The first kappa shape index (κ1) is 13.6. The van der Waals surface area contributed by atoms with Crippen LogP contribution in [0.25, 0.3) is 0 Å². The standard InChI is InChI=1S/C14H14N2O2S/c1-16(18-2)14(17)12-9-6-10-15-13(12)19-11-7-4-3-5-8-11/h3-10H,1-2H3. The van der Waals surface area contributed by atoms with E-state index in [9.17, 15) is 4.79 Å². The molecule has 0 aliphatic heterocycles. The Morgan fingerprint density at radius 2 is 1.95 bits per heavy atom. The number of hydrogen-bond donors (Lipinski definition) is 0. The van der Waals surface area contributed by atoms with Crippen LogP contribution in [0.15, 0.2) is 58.6 Å². The van der Waals surface area contributed by atoms with Crippen molar-refractivity contribution in [3.63, 3.8) is 0 Å². The summed E-state index contributed by atoms with van der Waals surface area (Å²) in [5, 5.41) is 1.86. The largest absolute Gasteiger partial charge is 0.279 e. The van der Waals surface area contributed by atoms with Gasteiger partial charge in [-0.3, -0.25) is 9.63 Å². The van der Waals surface area contributed by atoms with Gasteiger partial charge >= 0.3 is 0 Å². The quantitative estimate of drug-likeness (QED) is 0.804. The van der Waals surface area contributed by atoms with E-state index in [1.165, 1.54) is 23.9 Å². The lowest BCUT2D eigenvalue weighted by molar-refractivity contribution is -0.0759. The summed E-state index contributed by atoms with van der Waals surface area (Å²) in [6.45, 7) is 0. The van der Waals surface area contributed by atoms with Crippen molar-refractivity contribution in [1.82, 2.24) is 10.0 Å². The van der Waals surface area contributed by atoms with E-state index in [2.05, 4.69) is 4.98 Å². The van der Waals surface area contributed by atoms with Crippen molar-refractivity contribution in [2.75, 3.05) is 14.2 Å². The van der Waals surface area contributed by atoms with Crippen LogP contribution < -0.4 is 0 Å². The van der Waals surface area contributed by atoms with E-state index in [4.69, 9.17) is 4.84 Å². The Balaban J connectivity index is 2.29. The number of hydrogen-bond acceptors (Lipinski definition) is 4. The minimum absolute atomic E-state index is 0.214. The molecule has 0 aliphatic rings. The van der Waals surface area contributed by atoms with Crippen LogP contribution in [0.5, 0.6) is 0 Å². The molecule has 98 valence electrons. The summed E-state index contributed by atoms with van der Waals surface area (Å²) in [6, 6.07) is 13.3. The maximum absolute atomic E-state index is 12.1. The highest BCUT2D eigenvalue weighted by Crippen LogP contribution is 2.28. The van der Waals surface area contributed by atoms with Crippen molar-refractivity contribution < 1.29 is 9.63 Å². The molecule has 0 radical (unpaired) electrons. The van der Waals surface area contributed by atoms with Gasteiger partial charge in [0.15, 0.2) is 0 Å². The Kier molecular flexibility index (Phi) is 4.54. The van der Waals surface area contributed by atoms with Gasteiger partial charge in [0.25, 0.3) is 5.91 Å². The Hall–Kier alpha value is -1.85. The number of benzene rings is 1. The van der Waals surface area contributed by atoms with Crippen molar-refractivity contribution in [3.8, 4) is 0 Å². The highest BCUT2D eigenvalue weighted by atomic mass is 32.2. The van der Waals surface area contributed by atoms with Gasteiger partial charge in [0.2, 0.25) is 0 Å². The minimum Gasteiger partial charge on any atom is -0.274 e. The van der Waals surface area contributed by atoms with Crippen molar-refractivity contribution in [2.24, 2.45) is 0 Å². The summed E-state index contributed by atoms with van der Waals surface area (Å²) >= 11 is 1.46. The van der Waals surface area contributed by atoms with Crippen LogP contribution in [0.1, 0.15) is 10.4 Å². The minimum atomic E-state index is -0.214. The van der Waals surface area contributed by atoms with Gasteiger partial charge in [0.05, 0.1) is 12.7 Å². The van der Waals surface area contributed by atoms with Crippen LogP contribution in [0.4, 0.5) is 0 Å². The molecule has 1 aromatic carbocycles. The second-order valence-electron chi connectivity index (χ2n) is 3.76. The lowest BCUT2D eigenvalue weighted by Crippen LogP contribution is -2.26. The van der Waals surface area contributed by atoms with Crippen LogP contribution in [-0.4, -0.2) is 30.1 Å². The second kappa shape index (κ2) is 6.36. The number of carbonyl (C=O) groups is 1. The zero-order valence-electron chi connectivity index (χ0n) is 10.7. The fourth-order valence-electron chi connectivity index (χ4n) is 1.49. The molecule has 0 saturated carbocycles. The molecule has 0 atom stereocenters. The zero-order valence-corrected chi connectivity index (χ0v) is 11.6. The van der Waals surface area contributed by atoms with Gasteiger partial charge in [0.1, 0.15) is 5.03 Å². The molecule has 0 saturated heterocycles. The molecule has 1 heterocycles. The van der Waals surface area contributed by atoms with Gasteiger partial charge in [-0.2, -0.15) is 0 Å². The van der Waals surface area contributed by atoms with Crippen molar-refractivity contribution in [2.45, 2.75) is 9.92 Å². The number of nitrogens with zero attached hydrogens (tertiary/aromatic N) is 2. The van der Waals surface area contributed by atoms with Crippen LogP contribution in [-0.2, 0) is 4.84 Å². The molecule has 2 rings (SSSR count). The average Bonchev–Trinajstić information content (AvgIpc) is 2.47. The summed E-state index contributed by atoms with van der Waals surface area (Å²) < 4.78 is 0. The monoisotopic (exact) mass is 274 g/mol. The fourth-order valence-corrected chi connectivity index (χ4v) is 2.38. The SMILES string of the molecule is CON(C)C(=O)c1cccnc1Sc1ccccc1. The summed E-state index contributed by atoms with van der Waals surface area (Å²) in [5.41, 5.74) is 0.528. The van der Waals surface area contributed by atoms with Gasteiger partial charge in [-0.15, -0.1) is 0 Å². The van der Waals surface area contributed by atoms with E-state index in [0.29, 0.717) is 10.6 Å². The molecule has 0 bridgehead atoms. The number of rotatable bonds is 4. The molecule has 19 heavy (non-hydrogen) atoms. The van der Waals surface area contributed by atoms with E-state index < -0.39 is 0 Å². The molecule has 0 fully saturated rings. The number of hydroxylamine groups is 2. The molecule has 5 heteroatoms. The van der Waals surface area contributed by atoms with Gasteiger partial charge in [-0.1, -0.05) is 30.0 Å². The predicted molar refractivity (Wildman–Crippen MR) is 73.9 cm³/mol. The van der Waals surface area contributed by atoms with E-state index in [0.717, 1.165) is 4.90 Å². The first-order valence-corrected chi connectivity index (χ1v) is 6.54. The van der Waals surface area contributed by atoms with Gasteiger partial charge in [0, 0.05) is 18.1 Å². The van der Waals surface area contributed by atoms with Crippen LogP contribution >= 0.6 is 11.8 Å². The third-order valence-electron chi connectivity index (χ3n) is 2.52. The first-order chi connectivity index (χ1) is 9.22. The van der Waals surface area contributed by atoms with Crippen molar-refractivity contribution >= 4 is 17.7 Å². The topological polar surface area (TPSA) is 42.4 Å². The Bertz CT molecular complexity index is 560. The molecule has 4 nitrogen and oxygen atoms in total. The average molecular weight is 274 g/mol. The summed E-state index contributed by atoms with van der Waals surface area (Å²) in [7, 11) is 3.03. The Labute approximate surface area is 116 Å². The van der Waals surface area contributed by atoms with E-state index in [1.54, 1.807) is 25.4 Å². The highest BCUT2D eigenvalue weighted by Gasteiger charge is 2.17. The molecule has 0 unspecified atom stereocenters. The lowest BCUT2D eigenvalue weighted by Gasteiger charge is -2.15. The fraction of sp³-hybridized carbons (Fsp3) is 0.143. The number of pyridine rings is 1. The maximum Gasteiger partial charge on any atom is 0.279 e. The first-order valence-electron chi connectivity index (χ1n) is 5.72. The maximum atomic E-state index is 12.1. The summed E-state index contributed by atoms with van der Waals surface area (Å²) in [6.07, 6.45) is 1.68. The lowest BCUT2D eigenvalue weighted by atomic mass is 10.3. The van der Waals surface area contributed by atoms with Gasteiger partial charge in [-0.25, -0.2) is 10.0 Å². The number of aromatic nitrogens is 1. The van der Waals surface area contributed by atoms with E-state index in [1.807, 2.05) is 30.3 Å². The zero-order chi connectivity index (χ0) is 13.7. The highest BCUT2D eigenvalue weighted by molar-refractivity contribution is 7.99. The molecule has 1 aromatic heterocycles. The smallest absolute Gasteiger partial charge is 0.274 e. The summed E-state index contributed by atoms with van der Waals surface area (Å²) in [4.78, 5) is 22.4. The van der Waals surface area contributed by atoms with Crippen LogP contribution in [0.3, 0.4) is 0 Å².